The predicted molar refractivity (Wildman–Crippen MR) is 141 cm³/mol. The van der Waals surface area contributed by atoms with Crippen molar-refractivity contribution in [2.45, 2.75) is 89.9 Å². The van der Waals surface area contributed by atoms with E-state index in [1.807, 2.05) is 0 Å². The molecule has 0 bridgehead atoms. The lowest BCUT2D eigenvalue weighted by Gasteiger charge is -2.28. The van der Waals surface area contributed by atoms with Gasteiger partial charge in [0, 0.05) is 0 Å². The molecule has 33 heavy (non-hydrogen) atoms. The van der Waals surface area contributed by atoms with E-state index in [1.54, 1.807) is 11.1 Å². The highest BCUT2D eigenvalue weighted by molar-refractivity contribution is 5.72. The van der Waals surface area contributed by atoms with Gasteiger partial charge in [0.1, 0.15) is 0 Å². The Labute approximate surface area is 201 Å². The molecule has 1 aromatic carbocycles. The van der Waals surface area contributed by atoms with Crippen LogP contribution in [0.2, 0.25) is 0 Å². The summed E-state index contributed by atoms with van der Waals surface area (Å²) < 4.78 is 0. The van der Waals surface area contributed by atoms with Crippen LogP contribution in [-0.2, 0) is 12.8 Å². The Bertz CT molecular complexity index is 1050. The van der Waals surface area contributed by atoms with Crippen molar-refractivity contribution in [2.24, 2.45) is 17.8 Å². The van der Waals surface area contributed by atoms with Crippen LogP contribution in [0.1, 0.15) is 93.7 Å². The van der Waals surface area contributed by atoms with Gasteiger partial charge < -0.3 is 0 Å². The largest absolute Gasteiger partial charge is 0.0952 e. The van der Waals surface area contributed by atoms with Gasteiger partial charge in [-0.25, -0.2) is 0 Å². The van der Waals surface area contributed by atoms with Gasteiger partial charge in [-0.2, -0.15) is 0 Å². The number of hydrogen-bond donors (Lipinski definition) is 0. The van der Waals surface area contributed by atoms with Crippen molar-refractivity contribution in [3.63, 3.8) is 0 Å². The Balaban J connectivity index is 1.13. The van der Waals surface area contributed by atoms with E-state index in [-0.39, 0.29) is 0 Å². The second kappa shape index (κ2) is 9.28. The van der Waals surface area contributed by atoms with Crippen LogP contribution in [0.4, 0.5) is 0 Å². The van der Waals surface area contributed by atoms with E-state index in [4.69, 9.17) is 0 Å². The molecule has 0 spiro atoms. The fraction of sp³-hybridized carbons (Fsp3) is 0.515. The molecule has 5 aliphatic rings. The van der Waals surface area contributed by atoms with Gasteiger partial charge in [0.05, 0.1) is 0 Å². The summed E-state index contributed by atoms with van der Waals surface area (Å²) in [5, 5.41) is 0. The SMILES string of the molecule is C=C(CC1=CCC=C1C1=Cc2cc(CC3CCCCC3)ccc2C1)C1=CCC2CCCCC12. The minimum atomic E-state index is 0.804. The fourth-order valence-corrected chi connectivity index (χ4v) is 7.54. The minimum absolute atomic E-state index is 0.804. The van der Waals surface area contributed by atoms with Crippen LogP contribution in [0, 0.1) is 17.8 Å². The second-order valence-corrected chi connectivity index (χ2v) is 11.5. The van der Waals surface area contributed by atoms with Crippen molar-refractivity contribution < 1.29 is 0 Å². The van der Waals surface area contributed by atoms with E-state index in [0.717, 1.165) is 37.0 Å². The van der Waals surface area contributed by atoms with Crippen molar-refractivity contribution in [2.75, 3.05) is 0 Å². The van der Waals surface area contributed by atoms with Gasteiger partial charge in [-0.3, -0.25) is 0 Å². The number of rotatable bonds is 6. The Morgan fingerprint density at radius 1 is 0.909 bits per heavy atom. The normalized spacial score (nSPS) is 26.9. The van der Waals surface area contributed by atoms with E-state index in [0.29, 0.717) is 0 Å². The number of allylic oxidation sites excluding steroid dienone is 8. The third-order valence-corrected chi connectivity index (χ3v) is 9.31. The molecule has 2 atom stereocenters. The molecule has 2 fully saturated rings. The number of hydrogen-bond acceptors (Lipinski definition) is 0. The maximum absolute atomic E-state index is 4.60. The molecule has 0 radical (unpaired) electrons. The third kappa shape index (κ3) is 4.39. The van der Waals surface area contributed by atoms with Crippen LogP contribution in [0.25, 0.3) is 6.08 Å². The Morgan fingerprint density at radius 3 is 2.67 bits per heavy atom. The molecule has 0 saturated heterocycles. The van der Waals surface area contributed by atoms with E-state index in [9.17, 15) is 0 Å². The highest BCUT2D eigenvalue weighted by atomic mass is 14.4. The van der Waals surface area contributed by atoms with Crippen molar-refractivity contribution in [1.29, 1.82) is 0 Å². The average molecular weight is 437 g/mol. The maximum atomic E-state index is 4.60. The van der Waals surface area contributed by atoms with Gasteiger partial charge in [-0.05, 0) is 107 Å². The Morgan fingerprint density at radius 2 is 1.76 bits per heavy atom. The van der Waals surface area contributed by atoms with Crippen LogP contribution in [-0.4, -0.2) is 0 Å². The van der Waals surface area contributed by atoms with Gasteiger partial charge in [-0.15, -0.1) is 0 Å². The van der Waals surface area contributed by atoms with E-state index in [2.05, 4.69) is 49.1 Å². The lowest BCUT2D eigenvalue weighted by atomic mass is 9.76. The monoisotopic (exact) mass is 436 g/mol. The molecule has 6 rings (SSSR count). The molecule has 1 aromatic rings. The van der Waals surface area contributed by atoms with E-state index < -0.39 is 0 Å². The third-order valence-electron chi connectivity index (χ3n) is 9.31. The molecule has 2 saturated carbocycles. The van der Waals surface area contributed by atoms with E-state index >= 15 is 0 Å². The standard InChI is InChI=1S/C33H40/c1-23(31-17-16-26-10-5-6-12-33(26)31)18-28-11-7-13-32(28)30-21-27-15-14-25(20-29(27)22-30)19-24-8-3-2-4-9-24/h11,13-15,17,20,22,24,26,33H,1-10,12,16,18-19,21H2. The lowest BCUT2D eigenvalue weighted by Crippen LogP contribution is -2.17. The van der Waals surface area contributed by atoms with Crippen LogP contribution in [0.3, 0.4) is 0 Å². The zero-order chi connectivity index (χ0) is 22.2. The van der Waals surface area contributed by atoms with Gasteiger partial charge in [-0.1, -0.05) is 94.0 Å². The fourth-order valence-electron chi connectivity index (χ4n) is 7.54. The summed E-state index contributed by atoms with van der Waals surface area (Å²) in [5.41, 5.74) is 12.1. The molecule has 2 unspecified atom stereocenters. The van der Waals surface area contributed by atoms with E-state index in [1.165, 1.54) is 104 Å². The van der Waals surface area contributed by atoms with Crippen LogP contribution in [0.5, 0.6) is 0 Å². The van der Waals surface area contributed by atoms with Gasteiger partial charge in [0.15, 0.2) is 0 Å². The predicted octanol–water partition coefficient (Wildman–Crippen LogP) is 9.09. The molecule has 0 nitrogen and oxygen atoms in total. The molecule has 0 aliphatic heterocycles. The van der Waals surface area contributed by atoms with Crippen molar-refractivity contribution in [3.8, 4) is 0 Å². The van der Waals surface area contributed by atoms with Crippen molar-refractivity contribution in [1.82, 2.24) is 0 Å². The Kier molecular flexibility index (Phi) is 6.03. The average Bonchev–Trinajstić information content (AvgIpc) is 3.57. The van der Waals surface area contributed by atoms with Gasteiger partial charge in [0.25, 0.3) is 0 Å². The first-order valence-electron chi connectivity index (χ1n) is 13.8. The zero-order valence-electron chi connectivity index (χ0n) is 20.4. The lowest BCUT2D eigenvalue weighted by molar-refractivity contribution is 0.296. The molecule has 0 aromatic heterocycles. The van der Waals surface area contributed by atoms with Crippen molar-refractivity contribution in [3.05, 3.63) is 87.6 Å². The summed E-state index contributed by atoms with van der Waals surface area (Å²) in [6.45, 7) is 4.60. The van der Waals surface area contributed by atoms with Crippen LogP contribution in [0.15, 0.2) is 70.9 Å². The summed E-state index contributed by atoms with van der Waals surface area (Å²) in [7, 11) is 0. The second-order valence-electron chi connectivity index (χ2n) is 11.5. The highest BCUT2D eigenvalue weighted by Crippen LogP contribution is 2.47. The molecule has 0 amide bonds. The number of fused-ring (bicyclic) bond motifs is 2. The van der Waals surface area contributed by atoms with Crippen LogP contribution < -0.4 is 0 Å². The quantitative estimate of drug-likeness (QED) is 0.417. The van der Waals surface area contributed by atoms with Crippen molar-refractivity contribution >= 4 is 6.08 Å². The Hall–Kier alpha value is -2.08. The smallest absolute Gasteiger partial charge is 0.00137 e. The molecule has 0 N–H and O–H groups in total. The summed E-state index contributed by atoms with van der Waals surface area (Å²) in [4.78, 5) is 0. The molecular weight excluding hydrogens is 396 g/mol. The summed E-state index contributed by atoms with van der Waals surface area (Å²) in [6, 6.07) is 7.34. The molecule has 0 heterocycles. The minimum Gasteiger partial charge on any atom is -0.0952 e. The molecule has 172 valence electrons. The maximum Gasteiger partial charge on any atom is -0.00137 e. The van der Waals surface area contributed by atoms with Crippen LogP contribution >= 0.6 is 0 Å². The first-order valence-corrected chi connectivity index (χ1v) is 13.8. The molecular formula is C33H40. The zero-order valence-corrected chi connectivity index (χ0v) is 20.4. The first kappa shape index (κ1) is 21.5. The number of benzene rings is 1. The van der Waals surface area contributed by atoms with Gasteiger partial charge in [0.2, 0.25) is 0 Å². The summed E-state index contributed by atoms with van der Waals surface area (Å²) >= 11 is 0. The first-order chi connectivity index (χ1) is 16.2. The molecule has 5 aliphatic carbocycles. The summed E-state index contributed by atoms with van der Waals surface area (Å²) in [5.74, 6) is 2.62. The highest BCUT2D eigenvalue weighted by Gasteiger charge is 2.33. The summed E-state index contributed by atoms with van der Waals surface area (Å²) in [6.07, 6.45) is 28.6. The topological polar surface area (TPSA) is 0 Å². The van der Waals surface area contributed by atoms with Gasteiger partial charge >= 0.3 is 0 Å². The molecule has 0 heteroatoms.